The van der Waals surface area contributed by atoms with Gasteiger partial charge in [-0.3, -0.25) is 0 Å². The highest BCUT2D eigenvalue weighted by Crippen LogP contribution is 2.53. The lowest BCUT2D eigenvalue weighted by atomic mass is 9.68. The molecular weight excluding hydrogens is 338 g/mol. The first-order valence-electron chi connectivity index (χ1n) is 10.2. The number of azide groups is 1. The van der Waals surface area contributed by atoms with Gasteiger partial charge in [0.15, 0.2) is 0 Å². The molecule has 0 radical (unpaired) electrons. The zero-order valence-corrected chi connectivity index (χ0v) is 16.7. The topological polar surface area (TPSA) is 78.2 Å². The molecule has 5 nitrogen and oxygen atoms in total. The fraction of sp³-hybridized carbons (Fsp3) is 0.636. The lowest BCUT2D eigenvalue weighted by Gasteiger charge is -2.46. The largest absolute Gasteiger partial charge is 0.507 e. The van der Waals surface area contributed by atoms with Crippen LogP contribution in [0.5, 0.6) is 11.5 Å². The molecule has 0 saturated carbocycles. The number of fused-ring (bicyclic) bond motifs is 3. The van der Waals surface area contributed by atoms with E-state index in [1.165, 1.54) is 5.57 Å². The lowest BCUT2D eigenvalue weighted by molar-refractivity contribution is 0.0107. The van der Waals surface area contributed by atoms with Gasteiger partial charge in [0.2, 0.25) is 0 Å². The van der Waals surface area contributed by atoms with Gasteiger partial charge in [0.1, 0.15) is 17.1 Å². The monoisotopic (exact) mass is 369 g/mol. The van der Waals surface area contributed by atoms with Gasteiger partial charge in [-0.1, -0.05) is 29.6 Å². The number of unbranched alkanes of at least 4 members (excludes halogenated alkanes) is 3. The number of phenolic OH excluding ortho intramolecular Hbond substituents is 1. The average Bonchev–Trinajstić information content (AvgIpc) is 2.59. The van der Waals surface area contributed by atoms with E-state index in [9.17, 15) is 5.11 Å². The smallest absolute Gasteiger partial charge is 0.127 e. The van der Waals surface area contributed by atoms with Gasteiger partial charge in [0, 0.05) is 28.9 Å². The Morgan fingerprint density at radius 2 is 2.04 bits per heavy atom. The van der Waals surface area contributed by atoms with E-state index in [0.29, 0.717) is 18.2 Å². The Hall–Kier alpha value is -2.13. The molecule has 0 aromatic heterocycles. The molecule has 1 aromatic rings. The van der Waals surface area contributed by atoms with Crippen molar-refractivity contribution in [3.8, 4) is 11.5 Å². The highest BCUT2D eigenvalue weighted by Gasteiger charge is 2.45. The number of ether oxygens (including phenoxy) is 1. The van der Waals surface area contributed by atoms with E-state index in [2.05, 4.69) is 42.9 Å². The van der Waals surface area contributed by atoms with Crippen molar-refractivity contribution in [3.63, 3.8) is 0 Å². The van der Waals surface area contributed by atoms with Crippen molar-refractivity contribution in [2.24, 2.45) is 11.0 Å². The molecular formula is C22H31N3O2. The van der Waals surface area contributed by atoms with Crippen LogP contribution in [-0.4, -0.2) is 17.3 Å². The van der Waals surface area contributed by atoms with Crippen LogP contribution in [0.4, 0.5) is 0 Å². The summed E-state index contributed by atoms with van der Waals surface area (Å²) in [7, 11) is 0. The maximum Gasteiger partial charge on any atom is 0.127 e. The number of benzene rings is 1. The van der Waals surface area contributed by atoms with E-state index in [1.54, 1.807) is 0 Å². The maximum absolute atomic E-state index is 10.8. The molecule has 0 spiro atoms. The molecule has 1 aromatic carbocycles. The predicted octanol–water partition coefficient (Wildman–Crippen LogP) is 6.42. The fourth-order valence-electron chi connectivity index (χ4n) is 4.63. The zero-order chi connectivity index (χ0) is 19.4. The van der Waals surface area contributed by atoms with Crippen LogP contribution in [0.2, 0.25) is 0 Å². The quantitative estimate of drug-likeness (QED) is 0.198. The second-order valence-electron chi connectivity index (χ2n) is 8.53. The summed E-state index contributed by atoms with van der Waals surface area (Å²) in [6.07, 6.45) is 9.63. The molecule has 0 bridgehead atoms. The van der Waals surface area contributed by atoms with E-state index in [4.69, 9.17) is 10.3 Å². The summed E-state index contributed by atoms with van der Waals surface area (Å²) in [5, 5.41) is 14.3. The number of hydrogen-bond acceptors (Lipinski definition) is 3. The zero-order valence-electron chi connectivity index (χ0n) is 16.7. The first kappa shape index (κ1) is 19.6. The van der Waals surface area contributed by atoms with Crippen molar-refractivity contribution in [1.82, 2.24) is 0 Å². The second kappa shape index (κ2) is 8.26. The third-order valence-corrected chi connectivity index (χ3v) is 6.06. The van der Waals surface area contributed by atoms with E-state index in [-0.39, 0.29) is 11.5 Å². The van der Waals surface area contributed by atoms with E-state index in [0.717, 1.165) is 61.8 Å². The molecule has 3 rings (SSSR count). The van der Waals surface area contributed by atoms with Gasteiger partial charge in [-0.05, 0) is 76.1 Å². The van der Waals surface area contributed by atoms with Crippen LogP contribution in [-0.2, 0) is 6.42 Å². The molecule has 1 N–H and O–H groups in total. The van der Waals surface area contributed by atoms with Gasteiger partial charge in [-0.15, -0.1) is 0 Å². The van der Waals surface area contributed by atoms with Crippen molar-refractivity contribution < 1.29 is 9.84 Å². The highest BCUT2D eigenvalue weighted by atomic mass is 16.5. The molecule has 0 fully saturated rings. The summed E-state index contributed by atoms with van der Waals surface area (Å²) in [6, 6.07) is 4.06. The second-order valence-corrected chi connectivity index (χ2v) is 8.53. The Balaban J connectivity index is 1.72. The minimum absolute atomic E-state index is 0.221. The summed E-state index contributed by atoms with van der Waals surface area (Å²) < 4.78 is 6.38. The Labute approximate surface area is 162 Å². The Bertz CT molecular complexity index is 763. The number of allylic oxidation sites excluding steroid dienone is 2. The van der Waals surface area contributed by atoms with Gasteiger partial charge >= 0.3 is 0 Å². The molecule has 2 aliphatic rings. The van der Waals surface area contributed by atoms with Gasteiger partial charge in [-0.2, -0.15) is 0 Å². The van der Waals surface area contributed by atoms with Crippen LogP contribution < -0.4 is 4.74 Å². The summed E-state index contributed by atoms with van der Waals surface area (Å²) in [6.45, 7) is 7.12. The van der Waals surface area contributed by atoms with Crippen LogP contribution in [0, 0.1) is 5.92 Å². The third-order valence-electron chi connectivity index (χ3n) is 6.06. The summed E-state index contributed by atoms with van der Waals surface area (Å²) in [5.74, 6) is 1.88. The number of aromatic hydroxyl groups is 1. The fourth-order valence-corrected chi connectivity index (χ4v) is 4.63. The van der Waals surface area contributed by atoms with Crippen LogP contribution in [0.1, 0.15) is 76.3 Å². The van der Waals surface area contributed by atoms with Gasteiger partial charge in [0.25, 0.3) is 0 Å². The van der Waals surface area contributed by atoms with E-state index >= 15 is 0 Å². The lowest BCUT2D eigenvalue weighted by Crippen LogP contribution is -2.45. The van der Waals surface area contributed by atoms with Gasteiger partial charge in [-0.25, -0.2) is 0 Å². The van der Waals surface area contributed by atoms with E-state index in [1.807, 2.05) is 6.07 Å². The summed E-state index contributed by atoms with van der Waals surface area (Å²) in [4.78, 5) is 2.78. The number of phenols is 1. The van der Waals surface area contributed by atoms with Crippen LogP contribution in [0.15, 0.2) is 28.9 Å². The molecule has 5 heteroatoms. The molecule has 0 unspecified atom stereocenters. The predicted molar refractivity (Wildman–Crippen MR) is 108 cm³/mol. The third kappa shape index (κ3) is 4.41. The number of rotatable bonds is 7. The van der Waals surface area contributed by atoms with Crippen molar-refractivity contribution in [1.29, 1.82) is 0 Å². The molecule has 1 aliphatic heterocycles. The van der Waals surface area contributed by atoms with Crippen molar-refractivity contribution in [3.05, 3.63) is 45.4 Å². The molecule has 0 amide bonds. The summed E-state index contributed by atoms with van der Waals surface area (Å²) in [5.41, 5.74) is 11.6. The first-order valence-corrected chi connectivity index (χ1v) is 10.2. The van der Waals surface area contributed by atoms with Gasteiger partial charge in [0.05, 0.1) is 0 Å². The minimum Gasteiger partial charge on any atom is -0.507 e. The summed E-state index contributed by atoms with van der Waals surface area (Å²) >= 11 is 0. The van der Waals surface area contributed by atoms with Crippen LogP contribution >= 0.6 is 0 Å². The molecule has 2 atom stereocenters. The Kier molecular flexibility index (Phi) is 6.01. The average molecular weight is 370 g/mol. The Morgan fingerprint density at radius 3 is 2.81 bits per heavy atom. The number of aryl methyl sites for hydroxylation is 1. The Morgan fingerprint density at radius 1 is 1.26 bits per heavy atom. The standard InChI is InChI=1S/C22H31N3O2/c1-15-9-10-18-17(12-15)21-19(26)13-16(14-20(21)27-22(18,2)3)8-6-4-5-7-11-24-25-23/h12-14,17-18,26H,4-11H2,1-3H3/t17-,18-/m1/s1. The number of nitrogens with zero attached hydrogens (tertiary/aromatic N) is 3. The van der Waals surface area contributed by atoms with Crippen LogP contribution in [0.25, 0.3) is 10.4 Å². The molecule has 0 saturated heterocycles. The normalized spacial score (nSPS) is 22.7. The molecule has 27 heavy (non-hydrogen) atoms. The van der Waals surface area contributed by atoms with Crippen molar-refractivity contribution in [2.75, 3.05) is 6.54 Å². The van der Waals surface area contributed by atoms with Crippen molar-refractivity contribution in [2.45, 2.75) is 77.2 Å². The maximum atomic E-state index is 10.8. The van der Waals surface area contributed by atoms with Crippen molar-refractivity contribution >= 4 is 0 Å². The van der Waals surface area contributed by atoms with Crippen LogP contribution in [0.3, 0.4) is 0 Å². The molecule has 1 aliphatic carbocycles. The minimum atomic E-state index is -0.221. The number of hydrogen-bond donors (Lipinski definition) is 1. The SMILES string of the molecule is CC1=C[C@H]2c3c(O)cc(CCCCCCN=[N+]=[N-])cc3OC(C)(C)[C@@H]2CC1. The van der Waals surface area contributed by atoms with Gasteiger partial charge < -0.3 is 9.84 Å². The first-order chi connectivity index (χ1) is 12.9. The highest BCUT2D eigenvalue weighted by molar-refractivity contribution is 5.53. The van der Waals surface area contributed by atoms with E-state index < -0.39 is 0 Å². The molecule has 146 valence electrons. The molecule has 1 heterocycles.